The van der Waals surface area contributed by atoms with E-state index < -0.39 is 0 Å². The first kappa shape index (κ1) is 49.6. The standard InChI is InChI=1S/C56H44N4O4S4.Zn/c1-33(61)65-29-37-9-5-13-41(25-37)53-45-17-19-47(57-45)54(42-14-6-10-38(26-42)30-66-34(2)62)49-21-23-51(59-49)56(44-16-8-12-40(28-44)32-68-36(4)64)52-24-22-50(60-52)55(48-20-18-46(53)58-48)43-15-7-11-39(27-43)31-67-35(3)63;/h5-28H,29-32H2,1-4H3;/q-2;+2. The first-order valence-corrected chi connectivity index (χ1v) is 25.9. The molecule has 0 saturated heterocycles. The van der Waals surface area contributed by atoms with Crippen LogP contribution in [0.3, 0.4) is 0 Å². The fraction of sp³-hybridized carbons (Fsp3) is 0.143. The van der Waals surface area contributed by atoms with Crippen LogP contribution in [-0.4, -0.2) is 30.4 Å². The summed E-state index contributed by atoms with van der Waals surface area (Å²) in [4.78, 5) is 70.0. The van der Waals surface area contributed by atoms with E-state index in [1.54, 1.807) is 27.7 Å². The minimum Gasteiger partial charge on any atom is -0.657 e. The molecule has 69 heavy (non-hydrogen) atoms. The summed E-state index contributed by atoms with van der Waals surface area (Å²) in [5.74, 6) is 2.11. The number of aromatic nitrogens is 4. The second-order valence-corrected chi connectivity index (χ2v) is 20.9. The predicted molar refractivity (Wildman–Crippen MR) is 286 cm³/mol. The zero-order valence-corrected chi connectivity index (χ0v) is 44.7. The van der Waals surface area contributed by atoms with Crippen LogP contribution in [-0.2, 0) is 61.7 Å². The van der Waals surface area contributed by atoms with Crippen molar-refractivity contribution >= 4 is 114 Å². The molecule has 9 rings (SSSR count). The zero-order valence-electron chi connectivity index (χ0n) is 38.4. The van der Waals surface area contributed by atoms with Gasteiger partial charge in [0, 0.05) is 50.7 Å². The average Bonchev–Trinajstić information content (AvgIpc) is 4.18. The molecule has 2 aliphatic heterocycles. The van der Waals surface area contributed by atoms with Crippen molar-refractivity contribution in [3.63, 3.8) is 0 Å². The Balaban J connectivity index is 0.00000642. The van der Waals surface area contributed by atoms with Crippen LogP contribution in [0.1, 0.15) is 72.7 Å². The Morgan fingerprint density at radius 1 is 0.377 bits per heavy atom. The number of nitrogens with zero attached hydrogens (tertiary/aromatic N) is 4. The van der Waals surface area contributed by atoms with Crippen molar-refractivity contribution in [2.45, 2.75) is 50.7 Å². The quantitative estimate of drug-likeness (QED) is 0.108. The molecule has 0 fully saturated rings. The zero-order chi connectivity index (χ0) is 47.3. The molecule has 0 unspecified atom stereocenters. The molecule has 8 nitrogen and oxygen atoms in total. The molecule has 8 bridgehead atoms. The van der Waals surface area contributed by atoms with E-state index in [1.807, 2.05) is 97.1 Å². The first-order chi connectivity index (χ1) is 32.9. The summed E-state index contributed by atoms with van der Waals surface area (Å²) in [6, 6.07) is 40.9. The maximum atomic E-state index is 12.1. The fourth-order valence-electron chi connectivity index (χ4n) is 8.28. The van der Waals surface area contributed by atoms with Gasteiger partial charge in [0.1, 0.15) is 0 Å². The molecule has 4 aromatic carbocycles. The van der Waals surface area contributed by atoms with E-state index in [-0.39, 0.29) is 39.9 Å². The van der Waals surface area contributed by atoms with Crippen molar-refractivity contribution in [1.82, 2.24) is 19.9 Å². The molecule has 2 aliphatic rings. The average molecular weight is 1030 g/mol. The van der Waals surface area contributed by atoms with Crippen LogP contribution in [0.5, 0.6) is 0 Å². The van der Waals surface area contributed by atoms with Gasteiger partial charge < -0.3 is 9.97 Å². The molecule has 0 atom stereocenters. The molecule has 7 aromatic rings. The van der Waals surface area contributed by atoms with Gasteiger partial charge in [0.05, 0.1) is 22.8 Å². The van der Waals surface area contributed by atoms with Crippen molar-refractivity contribution in [2.75, 3.05) is 0 Å². The first-order valence-electron chi connectivity index (χ1n) is 21.9. The minimum atomic E-state index is 0. The van der Waals surface area contributed by atoms with Crippen molar-refractivity contribution in [3.05, 3.63) is 166 Å². The number of hydrogen-bond acceptors (Lipinski definition) is 10. The second kappa shape index (κ2) is 22.3. The predicted octanol–water partition coefficient (Wildman–Crippen LogP) is 13.7. The Morgan fingerprint density at radius 3 is 0.826 bits per heavy atom. The molecule has 0 N–H and O–H groups in total. The number of benzene rings is 4. The summed E-state index contributed by atoms with van der Waals surface area (Å²) in [5.41, 5.74) is 16.6. The molecule has 3 aromatic heterocycles. The second-order valence-electron chi connectivity index (χ2n) is 16.3. The van der Waals surface area contributed by atoms with Gasteiger partial charge in [-0.1, -0.05) is 168 Å². The Bertz CT molecular complexity index is 2970. The van der Waals surface area contributed by atoms with Gasteiger partial charge in [-0.2, -0.15) is 0 Å². The van der Waals surface area contributed by atoms with Crippen LogP contribution in [0.4, 0.5) is 0 Å². The number of carbonyl (C=O) groups excluding carboxylic acids is 4. The molecular weight excluding hydrogens is 986 g/mol. The molecule has 13 heteroatoms. The summed E-state index contributed by atoms with van der Waals surface area (Å²) in [6.45, 7) is 6.32. The number of hydrogen-bond donors (Lipinski definition) is 0. The van der Waals surface area contributed by atoms with Crippen molar-refractivity contribution in [3.8, 4) is 44.5 Å². The fourth-order valence-corrected chi connectivity index (χ4v) is 10.5. The van der Waals surface area contributed by atoms with Crippen LogP contribution in [0.15, 0.2) is 121 Å². The molecule has 0 radical (unpaired) electrons. The Kier molecular flexibility index (Phi) is 16.0. The molecule has 0 amide bonds. The smallest absolute Gasteiger partial charge is 0.657 e. The third-order valence-corrected chi connectivity index (χ3v) is 14.8. The topological polar surface area (TPSA) is 122 Å². The Labute approximate surface area is 430 Å². The monoisotopic (exact) mass is 1030 g/mol. The van der Waals surface area contributed by atoms with Gasteiger partial charge in [-0.15, -0.1) is 22.1 Å². The van der Waals surface area contributed by atoms with E-state index in [4.69, 9.17) is 19.9 Å². The van der Waals surface area contributed by atoms with Crippen LogP contribution < -0.4 is 9.97 Å². The van der Waals surface area contributed by atoms with E-state index in [2.05, 4.69) is 48.5 Å². The summed E-state index contributed by atoms with van der Waals surface area (Å²) in [6.07, 6.45) is 8.11. The molecule has 0 spiro atoms. The summed E-state index contributed by atoms with van der Waals surface area (Å²) in [5, 5.41) is 0.193. The largest absolute Gasteiger partial charge is 2.00 e. The summed E-state index contributed by atoms with van der Waals surface area (Å²) >= 11 is 5.08. The van der Waals surface area contributed by atoms with Crippen LogP contribution >= 0.6 is 47.0 Å². The number of thioether (sulfide) groups is 4. The van der Waals surface area contributed by atoms with Crippen molar-refractivity contribution in [1.29, 1.82) is 0 Å². The maximum absolute atomic E-state index is 12.1. The van der Waals surface area contributed by atoms with E-state index in [1.165, 1.54) is 47.0 Å². The van der Waals surface area contributed by atoms with Gasteiger partial charge in [-0.25, -0.2) is 9.97 Å². The molecule has 0 saturated carbocycles. The van der Waals surface area contributed by atoms with Gasteiger partial charge in [-0.05, 0) is 91.1 Å². The van der Waals surface area contributed by atoms with Crippen LogP contribution in [0, 0.1) is 0 Å². The number of fused-ring (bicyclic) bond motifs is 8. The summed E-state index contributed by atoms with van der Waals surface area (Å²) < 4.78 is 0. The third kappa shape index (κ3) is 11.8. The van der Waals surface area contributed by atoms with E-state index in [0.717, 1.165) is 66.8 Å². The number of carbonyl (C=O) groups is 4. The van der Waals surface area contributed by atoms with E-state index in [0.29, 0.717) is 67.9 Å². The SMILES string of the molecule is CC(=O)SCc1cccc(-c2c3nc(c(-c4cccc(CSC(C)=O)c4)c4ccc([n-]4)c(-c4cccc(CSC(C)=O)c4)c4nc(c(-c5cccc(CSC(C)=O)c5)c5ccc2[n-]5)C=C4)C=C3)c1.[Zn+2]. The van der Waals surface area contributed by atoms with Gasteiger partial charge in [-0.3, -0.25) is 19.2 Å². The maximum Gasteiger partial charge on any atom is 2.00 e. The number of rotatable bonds is 12. The van der Waals surface area contributed by atoms with Crippen molar-refractivity contribution in [2.24, 2.45) is 0 Å². The van der Waals surface area contributed by atoms with E-state index >= 15 is 0 Å². The van der Waals surface area contributed by atoms with Gasteiger partial charge in [0.15, 0.2) is 20.5 Å². The van der Waals surface area contributed by atoms with Gasteiger partial charge in [0.2, 0.25) is 0 Å². The Morgan fingerprint density at radius 2 is 0.609 bits per heavy atom. The van der Waals surface area contributed by atoms with Crippen LogP contribution in [0.25, 0.3) is 90.9 Å². The Hall–Kier alpha value is -5.82. The third-order valence-electron chi connectivity index (χ3n) is 11.2. The van der Waals surface area contributed by atoms with Gasteiger partial charge in [0.25, 0.3) is 0 Å². The molecule has 0 aliphatic carbocycles. The molecular formula is C56H44N4O4S4Zn. The van der Waals surface area contributed by atoms with Crippen LogP contribution in [0.2, 0.25) is 0 Å². The van der Waals surface area contributed by atoms with Crippen molar-refractivity contribution < 1.29 is 38.7 Å². The minimum absolute atomic E-state index is 0. The summed E-state index contributed by atoms with van der Waals surface area (Å²) in [7, 11) is 0. The normalized spacial score (nSPS) is 11.7. The molecule has 338 valence electrons. The molecule has 5 heterocycles. The van der Waals surface area contributed by atoms with E-state index in [9.17, 15) is 19.2 Å². The van der Waals surface area contributed by atoms with Gasteiger partial charge >= 0.3 is 19.5 Å².